The number of benzene rings is 2. The van der Waals surface area contributed by atoms with E-state index in [0.29, 0.717) is 17.7 Å². The number of anilines is 1. The number of amides is 1. The van der Waals surface area contributed by atoms with Gasteiger partial charge in [-0.1, -0.05) is 30.3 Å². The second-order valence-corrected chi connectivity index (χ2v) is 8.44. The molecule has 0 aliphatic heterocycles. The number of para-hydroxylation sites is 1. The van der Waals surface area contributed by atoms with Gasteiger partial charge in [0.1, 0.15) is 0 Å². The molecule has 0 aromatic heterocycles. The lowest BCUT2D eigenvalue weighted by Crippen LogP contribution is -2.30. The normalized spacial score (nSPS) is 11.2. The van der Waals surface area contributed by atoms with Crippen LogP contribution in [0.15, 0.2) is 54.6 Å². The molecule has 0 aliphatic rings. The summed E-state index contributed by atoms with van der Waals surface area (Å²) in [6, 6.07) is 17.0. The maximum absolute atomic E-state index is 12.3. The van der Waals surface area contributed by atoms with Crippen molar-refractivity contribution in [3.05, 3.63) is 65.7 Å². The molecule has 2 aromatic carbocycles. The van der Waals surface area contributed by atoms with Crippen LogP contribution in [0.1, 0.15) is 29.3 Å². The van der Waals surface area contributed by atoms with Crippen molar-refractivity contribution >= 4 is 21.4 Å². The number of hydrogen-bond donors (Lipinski definition) is 1. The highest BCUT2D eigenvalue weighted by Gasteiger charge is 2.09. The molecule has 0 saturated carbocycles. The molecule has 0 fully saturated rings. The first-order valence-corrected chi connectivity index (χ1v) is 10.8. The molecule has 1 amide bonds. The summed E-state index contributed by atoms with van der Waals surface area (Å²) in [6.45, 7) is 4.44. The Hall–Kier alpha value is -2.34. The quantitative estimate of drug-likeness (QED) is 0.686. The van der Waals surface area contributed by atoms with E-state index in [1.54, 1.807) is 24.3 Å². The van der Waals surface area contributed by atoms with Crippen LogP contribution < -0.4 is 10.2 Å². The number of rotatable bonds is 9. The van der Waals surface area contributed by atoms with Crippen molar-refractivity contribution in [2.24, 2.45) is 0 Å². The zero-order chi connectivity index (χ0) is 19.0. The summed E-state index contributed by atoms with van der Waals surface area (Å²) in [6.07, 6.45) is 2.02. The van der Waals surface area contributed by atoms with Gasteiger partial charge in [-0.3, -0.25) is 4.79 Å². The zero-order valence-electron chi connectivity index (χ0n) is 15.3. The van der Waals surface area contributed by atoms with Gasteiger partial charge in [-0.25, -0.2) is 8.42 Å². The summed E-state index contributed by atoms with van der Waals surface area (Å²) in [4.78, 5) is 14.5. The zero-order valence-corrected chi connectivity index (χ0v) is 16.1. The molecule has 0 bridgehead atoms. The fraction of sp³-hybridized carbons (Fsp3) is 0.350. The van der Waals surface area contributed by atoms with Crippen molar-refractivity contribution in [1.29, 1.82) is 0 Å². The van der Waals surface area contributed by atoms with Gasteiger partial charge in [-0.2, -0.15) is 0 Å². The average Bonchev–Trinajstić information content (AvgIpc) is 2.61. The van der Waals surface area contributed by atoms with Crippen LogP contribution in [0.4, 0.5) is 5.69 Å². The predicted octanol–water partition coefficient (Wildman–Crippen LogP) is 2.88. The van der Waals surface area contributed by atoms with Crippen LogP contribution in [0.3, 0.4) is 0 Å². The maximum atomic E-state index is 12.3. The molecule has 0 aliphatic carbocycles. The Morgan fingerprint density at radius 1 is 1.08 bits per heavy atom. The SMILES string of the molecule is CCN(CCCNC(=O)c1cccc(CS(C)(=O)=O)c1)c1ccccc1. The van der Waals surface area contributed by atoms with Crippen LogP contribution in [0, 0.1) is 0 Å². The molecular formula is C20H26N2O3S. The van der Waals surface area contributed by atoms with E-state index in [9.17, 15) is 13.2 Å². The molecule has 0 spiro atoms. The van der Waals surface area contributed by atoms with Gasteiger partial charge in [0.25, 0.3) is 5.91 Å². The summed E-state index contributed by atoms with van der Waals surface area (Å²) < 4.78 is 22.8. The molecule has 2 aromatic rings. The van der Waals surface area contributed by atoms with Gasteiger partial charge in [-0.05, 0) is 43.2 Å². The molecular weight excluding hydrogens is 348 g/mol. The van der Waals surface area contributed by atoms with Crippen LogP contribution in [0.25, 0.3) is 0 Å². The molecule has 2 rings (SSSR count). The fourth-order valence-corrected chi connectivity index (χ4v) is 3.57. The number of hydrogen-bond acceptors (Lipinski definition) is 4. The molecule has 26 heavy (non-hydrogen) atoms. The van der Waals surface area contributed by atoms with Gasteiger partial charge in [0.2, 0.25) is 0 Å². The smallest absolute Gasteiger partial charge is 0.251 e. The fourth-order valence-electron chi connectivity index (χ4n) is 2.79. The maximum Gasteiger partial charge on any atom is 0.251 e. The summed E-state index contributed by atoms with van der Waals surface area (Å²) in [7, 11) is -3.12. The highest BCUT2D eigenvalue weighted by molar-refractivity contribution is 7.89. The third-order valence-corrected chi connectivity index (χ3v) is 4.87. The number of sulfone groups is 1. The lowest BCUT2D eigenvalue weighted by Gasteiger charge is -2.23. The van der Waals surface area contributed by atoms with Crippen LogP contribution >= 0.6 is 0 Å². The van der Waals surface area contributed by atoms with Crippen LogP contribution in [-0.2, 0) is 15.6 Å². The third kappa shape index (κ3) is 6.52. The highest BCUT2D eigenvalue weighted by atomic mass is 32.2. The van der Waals surface area contributed by atoms with Gasteiger partial charge in [0, 0.05) is 37.1 Å². The largest absolute Gasteiger partial charge is 0.372 e. The number of nitrogens with zero attached hydrogens (tertiary/aromatic N) is 1. The van der Waals surface area contributed by atoms with E-state index in [1.807, 2.05) is 18.2 Å². The minimum Gasteiger partial charge on any atom is -0.372 e. The summed E-state index contributed by atoms with van der Waals surface area (Å²) in [5.41, 5.74) is 2.29. The molecule has 0 radical (unpaired) electrons. The van der Waals surface area contributed by atoms with E-state index in [4.69, 9.17) is 0 Å². The van der Waals surface area contributed by atoms with E-state index in [1.165, 1.54) is 11.9 Å². The number of nitrogens with one attached hydrogen (secondary N) is 1. The van der Waals surface area contributed by atoms with Crippen LogP contribution in [0.2, 0.25) is 0 Å². The Morgan fingerprint density at radius 3 is 2.46 bits per heavy atom. The average molecular weight is 375 g/mol. The van der Waals surface area contributed by atoms with Gasteiger partial charge >= 0.3 is 0 Å². The van der Waals surface area contributed by atoms with Gasteiger partial charge in [-0.15, -0.1) is 0 Å². The Morgan fingerprint density at radius 2 is 1.81 bits per heavy atom. The Kier molecular flexibility index (Phi) is 7.21. The van der Waals surface area contributed by atoms with E-state index in [-0.39, 0.29) is 11.7 Å². The standard InChI is InChI=1S/C20H26N2O3S/c1-3-22(19-11-5-4-6-12-19)14-8-13-21-20(23)18-10-7-9-17(15-18)16-26(2,24)25/h4-7,9-12,15H,3,8,13-14,16H2,1-2H3,(H,21,23). The van der Waals surface area contributed by atoms with Gasteiger partial charge in [0.15, 0.2) is 9.84 Å². The summed E-state index contributed by atoms with van der Waals surface area (Å²) in [5, 5.41) is 2.90. The monoisotopic (exact) mass is 374 g/mol. The summed E-state index contributed by atoms with van der Waals surface area (Å²) >= 11 is 0. The Labute approximate surface area is 156 Å². The summed E-state index contributed by atoms with van der Waals surface area (Å²) in [5.74, 6) is -0.237. The van der Waals surface area contributed by atoms with Crippen molar-refractivity contribution in [3.8, 4) is 0 Å². The number of carbonyl (C=O) groups is 1. The first-order chi connectivity index (χ1) is 12.4. The highest BCUT2D eigenvalue weighted by Crippen LogP contribution is 2.13. The molecule has 0 heterocycles. The lowest BCUT2D eigenvalue weighted by molar-refractivity contribution is 0.0953. The van der Waals surface area contributed by atoms with E-state index < -0.39 is 9.84 Å². The van der Waals surface area contributed by atoms with E-state index in [2.05, 4.69) is 29.3 Å². The molecule has 1 N–H and O–H groups in total. The second-order valence-electron chi connectivity index (χ2n) is 6.30. The molecule has 0 unspecified atom stereocenters. The number of carbonyl (C=O) groups excluding carboxylic acids is 1. The van der Waals surface area contributed by atoms with Crippen LogP contribution in [-0.4, -0.2) is 40.2 Å². The first-order valence-electron chi connectivity index (χ1n) is 8.74. The molecule has 0 atom stereocenters. The minimum absolute atomic E-state index is 0.0589. The van der Waals surface area contributed by atoms with Crippen molar-refractivity contribution in [1.82, 2.24) is 5.32 Å². The molecule has 140 valence electrons. The third-order valence-electron chi connectivity index (χ3n) is 4.01. The van der Waals surface area contributed by atoms with Crippen LogP contribution in [0.5, 0.6) is 0 Å². The van der Waals surface area contributed by atoms with Gasteiger partial charge in [0.05, 0.1) is 5.75 Å². The molecule has 6 heteroatoms. The molecule has 0 saturated heterocycles. The van der Waals surface area contributed by atoms with E-state index in [0.717, 1.165) is 19.5 Å². The lowest BCUT2D eigenvalue weighted by atomic mass is 10.1. The van der Waals surface area contributed by atoms with Crippen molar-refractivity contribution in [2.45, 2.75) is 19.1 Å². The molecule has 5 nitrogen and oxygen atoms in total. The minimum atomic E-state index is -3.12. The van der Waals surface area contributed by atoms with Gasteiger partial charge < -0.3 is 10.2 Å². The second kappa shape index (κ2) is 9.38. The van der Waals surface area contributed by atoms with Crippen molar-refractivity contribution < 1.29 is 13.2 Å². The van der Waals surface area contributed by atoms with Crippen molar-refractivity contribution in [2.75, 3.05) is 30.8 Å². The Bertz CT molecular complexity index is 820. The predicted molar refractivity (Wildman–Crippen MR) is 106 cm³/mol. The van der Waals surface area contributed by atoms with Crippen molar-refractivity contribution in [3.63, 3.8) is 0 Å². The van der Waals surface area contributed by atoms with E-state index >= 15 is 0 Å². The Balaban J connectivity index is 1.84. The topological polar surface area (TPSA) is 66.5 Å². The first kappa shape index (κ1) is 20.0.